The molecule has 0 saturated heterocycles. The smallest absolute Gasteiger partial charge is 0.202 e. The molecule has 0 radical (unpaired) electrons. The summed E-state index contributed by atoms with van der Waals surface area (Å²) >= 11 is 1.62. The summed E-state index contributed by atoms with van der Waals surface area (Å²) in [5, 5.41) is 0.840. The lowest BCUT2D eigenvalue weighted by Crippen LogP contribution is -2.07. The largest absolute Gasteiger partial charge is 0.497 e. The van der Waals surface area contributed by atoms with Gasteiger partial charge in [0.15, 0.2) is 0 Å². The van der Waals surface area contributed by atoms with Gasteiger partial charge in [-0.1, -0.05) is 18.2 Å². The van der Waals surface area contributed by atoms with Crippen molar-refractivity contribution in [1.82, 2.24) is 4.98 Å². The minimum Gasteiger partial charge on any atom is -0.497 e. The Morgan fingerprint density at radius 1 is 0.955 bits per heavy atom. The number of para-hydroxylation sites is 1. The maximum atomic E-state index is 5.19. The van der Waals surface area contributed by atoms with Crippen molar-refractivity contribution in [1.29, 1.82) is 0 Å². The van der Waals surface area contributed by atoms with E-state index in [0.717, 1.165) is 27.8 Å². The molecule has 3 rings (SSSR count). The Balaban J connectivity index is 1.75. The van der Waals surface area contributed by atoms with Gasteiger partial charge in [-0.3, -0.25) is 10.9 Å². The van der Waals surface area contributed by atoms with E-state index >= 15 is 0 Å². The van der Waals surface area contributed by atoms with Gasteiger partial charge in [0.1, 0.15) is 5.75 Å². The van der Waals surface area contributed by atoms with Crippen molar-refractivity contribution in [2.75, 3.05) is 18.0 Å². The van der Waals surface area contributed by atoms with Crippen LogP contribution < -0.4 is 15.6 Å². The van der Waals surface area contributed by atoms with E-state index in [-0.39, 0.29) is 0 Å². The Morgan fingerprint density at radius 3 is 2.36 bits per heavy atom. The quantitative estimate of drug-likeness (QED) is 0.678. The standard InChI is InChI=1S/C17H17N3OS/c1-12-16(13-8-10-15(21-2)11-9-13)18-17(22-12)20-19-14-6-4-3-5-7-14/h3-11,19H,1-2H3,(H,18,20). The third-order valence-corrected chi connectivity index (χ3v) is 4.13. The second kappa shape index (κ2) is 6.49. The average molecular weight is 311 g/mol. The summed E-state index contributed by atoms with van der Waals surface area (Å²) in [6.45, 7) is 2.07. The Morgan fingerprint density at radius 2 is 1.68 bits per heavy atom. The van der Waals surface area contributed by atoms with E-state index in [1.165, 1.54) is 4.88 Å². The second-order valence-corrected chi connectivity index (χ2v) is 5.97. The fraction of sp³-hybridized carbons (Fsp3) is 0.118. The van der Waals surface area contributed by atoms with Crippen molar-refractivity contribution in [3.63, 3.8) is 0 Å². The molecular formula is C17H17N3OS. The molecule has 112 valence electrons. The zero-order valence-corrected chi connectivity index (χ0v) is 13.3. The predicted molar refractivity (Wildman–Crippen MR) is 92.5 cm³/mol. The van der Waals surface area contributed by atoms with E-state index in [0.29, 0.717) is 0 Å². The summed E-state index contributed by atoms with van der Waals surface area (Å²) in [5.74, 6) is 0.848. The molecule has 22 heavy (non-hydrogen) atoms. The van der Waals surface area contributed by atoms with Crippen molar-refractivity contribution in [2.45, 2.75) is 6.92 Å². The summed E-state index contributed by atoms with van der Waals surface area (Å²) in [6.07, 6.45) is 0. The number of hydrazine groups is 1. The van der Waals surface area contributed by atoms with Gasteiger partial charge in [0.05, 0.1) is 18.5 Å². The van der Waals surface area contributed by atoms with Crippen LogP contribution in [0.25, 0.3) is 11.3 Å². The zero-order chi connectivity index (χ0) is 15.4. The number of rotatable bonds is 5. The molecule has 0 aliphatic rings. The molecule has 1 heterocycles. The molecule has 3 aromatic rings. The number of methoxy groups -OCH3 is 1. The number of aromatic nitrogens is 1. The van der Waals surface area contributed by atoms with E-state index < -0.39 is 0 Å². The summed E-state index contributed by atoms with van der Waals surface area (Å²) < 4.78 is 5.19. The maximum Gasteiger partial charge on any atom is 0.202 e. The molecule has 2 aromatic carbocycles. The molecule has 0 aliphatic heterocycles. The number of anilines is 2. The normalized spacial score (nSPS) is 10.3. The van der Waals surface area contributed by atoms with E-state index in [9.17, 15) is 0 Å². The molecule has 2 N–H and O–H groups in total. The van der Waals surface area contributed by atoms with Crippen molar-refractivity contribution in [2.24, 2.45) is 0 Å². The molecule has 4 nitrogen and oxygen atoms in total. The van der Waals surface area contributed by atoms with Crippen LogP contribution in [0.3, 0.4) is 0 Å². The molecule has 0 saturated carbocycles. The van der Waals surface area contributed by atoms with Crippen LogP contribution in [0.4, 0.5) is 10.8 Å². The SMILES string of the molecule is COc1ccc(-c2nc(NNc3ccccc3)sc2C)cc1. The Labute approximate surface area is 133 Å². The number of ether oxygens (including phenoxy) is 1. The topological polar surface area (TPSA) is 46.2 Å². The number of benzene rings is 2. The number of nitrogens with zero attached hydrogens (tertiary/aromatic N) is 1. The predicted octanol–water partition coefficient (Wildman–Crippen LogP) is 4.57. The highest BCUT2D eigenvalue weighted by atomic mass is 32.1. The zero-order valence-electron chi connectivity index (χ0n) is 12.5. The molecule has 5 heteroatoms. The lowest BCUT2D eigenvalue weighted by atomic mass is 10.1. The summed E-state index contributed by atoms with van der Waals surface area (Å²) in [6, 6.07) is 17.9. The minimum absolute atomic E-state index is 0.840. The van der Waals surface area contributed by atoms with Gasteiger partial charge in [0.25, 0.3) is 0 Å². The summed E-state index contributed by atoms with van der Waals surface area (Å²) in [7, 11) is 1.67. The van der Waals surface area contributed by atoms with Crippen molar-refractivity contribution >= 4 is 22.2 Å². The van der Waals surface area contributed by atoms with Gasteiger partial charge in [-0.15, -0.1) is 11.3 Å². The van der Waals surface area contributed by atoms with Crippen LogP contribution in [-0.2, 0) is 0 Å². The lowest BCUT2D eigenvalue weighted by Gasteiger charge is -2.05. The number of hydrogen-bond acceptors (Lipinski definition) is 5. The van der Waals surface area contributed by atoms with Gasteiger partial charge in [-0.05, 0) is 43.3 Å². The van der Waals surface area contributed by atoms with E-state index in [2.05, 4.69) is 22.8 Å². The van der Waals surface area contributed by atoms with Crippen molar-refractivity contribution in [3.8, 4) is 17.0 Å². The van der Waals surface area contributed by atoms with Crippen molar-refractivity contribution < 1.29 is 4.74 Å². The first-order valence-corrected chi connectivity index (χ1v) is 7.77. The van der Waals surface area contributed by atoms with Gasteiger partial charge in [0.2, 0.25) is 5.13 Å². The van der Waals surface area contributed by atoms with E-state index in [1.54, 1.807) is 18.4 Å². The van der Waals surface area contributed by atoms with Crippen LogP contribution in [0.2, 0.25) is 0 Å². The van der Waals surface area contributed by atoms with Crippen LogP contribution in [0.15, 0.2) is 54.6 Å². The van der Waals surface area contributed by atoms with Crippen LogP contribution in [0.1, 0.15) is 4.88 Å². The fourth-order valence-corrected chi connectivity index (χ4v) is 2.90. The third-order valence-electron chi connectivity index (χ3n) is 3.25. The molecule has 0 amide bonds. The molecule has 0 spiro atoms. The number of thiazole rings is 1. The summed E-state index contributed by atoms with van der Waals surface area (Å²) in [5.41, 5.74) is 9.37. The van der Waals surface area contributed by atoms with Crippen LogP contribution in [0, 0.1) is 6.92 Å². The van der Waals surface area contributed by atoms with Gasteiger partial charge in [-0.25, -0.2) is 4.98 Å². The first kappa shape index (κ1) is 14.4. The molecule has 0 bridgehead atoms. The number of aryl methyl sites for hydroxylation is 1. The van der Waals surface area contributed by atoms with Gasteiger partial charge in [0, 0.05) is 10.4 Å². The first-order chi connectivity index (χ1) is 10.8. The summed E-state index contributed by atoms with van der Waals surface area (Å²) in [4.78, 5) is 5.82. The third kappa shape index (κ3) is 3.20. The molecule has 0 unspecified atom stereocenters. The Kier molecular flexibility index (Phi) is 4.25. The molecule has 0 aliphatic carbocycles. The lowest BCUT2D eigenvalue weighted by molar-refractivity contribution is 0.415. The second-order valence-electron chi connectivity index (χ2n) is 4.77. The highest BCUT2D eigenvalue weighted by molar-refractivity contribution is 7.16. The first-order valence-electron chi connectivity index (χ1n) is 6.95. The van der Waals surface area contributed by atoms with Gasteiger partial charge in [-0.2, -0.15) is 0 Å². The number of nitrogens with one attached hydrogen (secondary N) is 2. The van der Waals surface area contributed by atoms with E-state index in [1.807, 2.05) is 54.6 Å². The molecule has 0 atom stereocenters. The van der Waals surface area contributed by atoms with Gasteiger partial charge < -0.3 is 4.74 Å². The monoisotopic (exact) mass is 311 g/mol. The van der Waals surface area contributed by atoms with Gasteiger partial charge >= 0.3 is 0 Å². The highest BCUT2D eigenvalue weighted by Crippen LogP contribution is 2.31. The fourth-order valence-electron chi connectivity index (χ4n) is 2.11. The molecule has 0 fully saturated rings. The maximum absolute atomic E-state index is 5.19. The molecular weight excluding hydrogens is 294 g/mol. The minimum atomic E-state index is 0.840. The number of hydrogen-bond donors (Lipinski definition) is 2. The van der Waals surface area contributed by atoms with E-state index in [4.69, 9.17) is 4.74 Å². The van der Waals surface area contributed by atoms with Crippen LogP contribution in [0.5, 0.6) is 5.75 Å². The molecule has 1 aromatic heterocycles. The highest BCUT2D eigenvalue weighted by Gasteiger charge is 2.09. The Bertz CT molecular complexity index is 738. The van der Waals surface area contributed by atoms with Crippen LogP contribution >= 0.6 is 11.3 Å². The Hall–Kier alpha value is -2.53. The van der Waals surface area contributed by atoms with Crippen LogP contribution in [-0.4, -0.2) is 12.1 Å². The van der Waals surface area contributed by atoms with Crippen molar-refractivity contribution in [3.05, 3.63) is 59.5 Å². The average Bonchev–Trinajstić information content (AvgIpc) is 2.95.